The molecule has 2 fully saturated rings. The highest BCUT2D eigenvalue weighted by Crippen LogP contribution is 2.23. The molecule has 1 aliphatic carbocycles. The Morgan fingerprint density at radius 2 is 1.71 bits per heavy atom. The number of carbonyl (C=O) groups is 4. The number of anilines is 1. The molecule has 3 rings (SSSR count). The smallest absolute Gasteiger partial charge is 0.338 e. The molecule has 0 radical (unpaired) electrons. The van der Waals surface area contributed by atoms with E-state index in [9.17, 15) is 19.2 Å². The van der Waals surface area contributed by atoms with Gasteiger partial charge < -0.3 is 10.1 Å². The van der Waals surface area contributed by atoms with Crippen LogP contribution in [-0.2, 0) is 19.1 Å². The molecular formula is C17H18N2O5. The van der Waals surface area contributed by atoms with Crippen molar-refractivity contribution >= 4 is 29.4 Å². The van der Waals surface area contributed by atoms with Crippen molar-refractivity contribution in [2.75, 3.05) is 4.90 Å². The van der Waals surface area contributed by atoms with E-state index in [0.29, 0.717) is 5.69 Å². The monoisotopic (exact) mass is 330 g/mol. The van der Waals surface area contributed by atoms with Gasteiger partial charge in [-0.2, -0.15) is 0 Å². The number of hydrogen-bond donors (Lipinski definition) is 1. The van der Waals surface area contributed by atoms with Gasteiger partial charge in [-0.3, -0.25) is 19.3 Å². The molecule has 3 amide bonds. The first-order chi connectivity index (χ1) is 11.5. The maximum atomic E-state index is 12.1. The van der Waals surface area contributed by atoms with Crippen LogP contribution in [0.15, 0.2) is 24.3 Å². The molecule has 1 atom stereocenters. The normalized spacial score (nSPS) is 18.5. The van der Waals surface area contributed by atoms with E-state index < -0.39 is 12.1 Å². The molecule has 24 heavy (non-hydrogen) atoms. The van der Waals surface area contributed by atoms with E-state index in [1.54, 1.807) is 0 Å². The molecule has 1 aromatic rings. The van der Waals surface area contributed by atoms with Crippen molar-refractivity contribution in [2.45, 2.75) is 44.8 Å². The Balaban J connectivity index is 1.62. The summed E-state index contributed by atoms with van der Waals surface area (Å²) in [6.07, 6.45) is 1.45. The van der Waals surface area contributed by atoms with Gasteiger partial charge in [-0.25, -0.2) is 4.79 Å². The van der Waals surface area contributed by atoms with Crippen LogP contribution in [0.5, 0.6) is 0 Å². The first kappa shape index (κ1) is 16.2. The van der Waals surface area contributed by atoms with Gasteiger partial charge in [0.05, 0.1) is 11.3 Å². The van der Waals surface area contributed by atoms with Crippen LogP contribution in [0.1, 0.15) is 43.0 Å². The van der Waals surface area contributed by atoms with E-state index in [1.807, 2.05) is 0 Å². The lowest BCUT2D eigenvalue weighted by molar-refractivity contribution is -0.129. The van der Waals surface area contributed by atoms with Crippen molar-refractivity contribution in [3.63, 3.8) is 0 Å². The molecule has 2 aliphatic rings. The minimum Gasteiger partial charge on any atom is -0.449 e. The zero-order valence-electron chi connectivity index (χ0n) is 13.3. The fraction of sp³-hybridized carbons (Fsp3) is 0.412. The molecule has 126 valence electrons. The Morgan fingerprint density at radius 1 is 1.12 bits per heavy atom. The third-order valence-electron chi connectivity index (χ3n) is 3.99. The molecule has 0 unspecified atom stereocenters. The quantitative estimate of drug-likeness (QED) is 0.646. The van der Waals surface area contributed by atoms with Crippen molar-refractivity contribution < 1.29 is 23.9 Å². The van der Waals surface area contributed by atoms with Gasteiger partial charge in [0.1, 0.15) is 0 Å². The molecule has 1 aliphatic heterocycles. The second kappa shape index (κ2) is 6.43. The molecule has 1 heterocycles. The lowest BCUT2D eigenvalue weighted by Crippen LogP contribution is -2.37. The number of nitrogens with zero attached hydrogens (tertiary/aromatic N) is 1. The summed E-state index contributed by atoms with van der Waals surface area (Å²) in [5.41, 5.74) is 0.683. The van der Waals surface area contributed by atoms with E-state index in [1.165, 1.54) is 31.2 Å². The minimum absolute atomic E-state index is 0.202. The standard InChI is InChI=1S/C17H18N2O5/c1-10(16(22)18-12-4-5-12)24-17(23)11-2-6-13(7-3-11)19-14(20)8-9-15(19)21/h2-3,6-7,10,12H,4-5,8-9H2,1H3,(H,18,22)/t10-/m0/s1. The maximum absolute atomic E-state index is 12.1. The Hall–Kier alpha value is -2.70. The second-order valence-corrected chi connectivity index (χ2v) is 6.00. The van der Waals surface area contributed by atoms with Crippen LogP contribution in [0, 0.1) is 0 Å². The Labute approximate surface area is 139 Å². The van der Waals surface area contributed by atoms with Gasteiger partial charge in [-0.1, -0.05) is 0 Å². The van der Waals surface area contributed by atoms with Gasteiger partial charge in [0, 0.05) is 18.9 Å². The zero-order chi connectivity index (χ0) is 17.3. The molecule has 0 bridgehead atoms. The molecular weight excluding hydrogens is 312 g/mol. The summed E-state index contributed by atoms with van der Waals surface area (Å²) in [6.45, 7) is 1.52. The summed E-state index contributed by atoms with van der Waals surface area (Å²) >= 11 is 0. The first-order valence-corrected chi connectivity index (χ1v) is 7.93. The van der Waals surface area contributed by atoms with E-state index in [-0.39, 0.29) is 42.2 Å². The number of amides is 3. The predicted molar refractivity (Wildman–Crippen MR) is 84.2 cm³/mol. The van der Waals surface area contributed by atoms with E-state index >= 15 is 0 Å². The molecule has 1 saturated heterocycles. The fourth-order valence-corrected chi connectivity index (χ4v) is 2.44. The van der Waals surface area contributed by atoms with Crippen LogP contribution >= 0.6 is 0 Å². The van der Waals surface area contributed by atoms with Gasteiger partial charge >= 0.3 is 5.97 Å². The molecule has 0 spiro atoms. The third kappa shape index (κ3) is 3.45. The number of hydrogen-bond acceptors (Lipinski definition) is 5. The Kier molecular flexibility index (Phi) is 4.33. The van der Waals surface area contributed by atoms with Crippen LogP contribution in [0.4, 0.5) is 5.69 Å². The number of imide groups is 1. The Bertz CT molecular complexity index is 677. The van der Waals surface area contributed by atoms with Crippen molar-refractivity contribution in [1.82, 2.24) is 5.32 Å². The number of rotatable bonds is 5. The van der Waals surface area contributed by atoms with E-state index in [4.69, 9.17) is 4.74 Å². The van der Waals surface area contributed by atoms with Crippen molar-refractivity contribution in [2.24, 2.45) is 0 Å². The highest BCUT2D eigenvalue weighted by molar-refractivity contribution is 6.19. The lowest BCUT2D eigenvalue weighted by atomic mass is 10.2. The van der Waals surface area contributed by atoms with Crippen LogP contribution in [0.25, 0.3) is 0 Å². The summed E-state index contributed by atoms with van der Waals surface area (Å²) < 4.78 is 5.14. The highest BCUT2D eigenvalue weighted by Gasteiger charge is 2.30. The van der Waals surface area contributed by atoms with Gasteiger partial charge in [-0.15, -0.1) is 0 Å². The largest absolute Gasteiger partial charge is 0.449 e. The molecule has 1 saturated carbocycles. The predicted octanol–water partition coefficient (Wildman–Crippen LogP) is 1.16. The summed E-state index contributed by atoms with van der Waals surface area (Å²) in [5.74, 6) is -1.43. The van der Waals surface area contributed by atoms with Crippen LogP contribution in [0.2, 0.25) is 0 Å². The SMILES string of the molecule is C[C@H](OC(=O)c1ccc(N2C(=O)CCC2=O)cc1)C(=O)NC1CC1. The molecule has 7 nitrogen and oxygen atoms in total. The van der Waals surface area contributed by atoms with Gasteiger partial charge in [0.2, 0.25) is 11.8 Å². The van der Waals surface area contributed by atoms with Gasteiger partial charge in [-0.05, 0) is 44.0 Å². The highest BCUT2D eigenvalue weighted by atomic mass is 16.5. The fourth-order valence-electron chi connectivity index (χ4n) is 2.44. The topological polar surface area (TPSA) is 92.8 Å². The number of benzene rings is 1. The van der Waals surface area contributed by atoms with Crippen molar-refractivity contribution in [3.05, 3.63) is 29.8 Å². The average Bonchev–Trinajstić information content (AvgIpc) is 3.31. The van der Waals surface area contributed by atoms with Crippen LogP contribution in [-0.4, -0.2) is 35.8 Å². The van der Waals surface area contributed by atoms with Crippen molar-refractivity contribution in [1.29, 1.82) is 0 Å². The van der Waals surface area contributed by atoms with Crippen molar-refractivity contribution in [3.8, 4) is 0 Å². The third-order valence-corrected chi connectivity index (χ3v) is 3.99. The molecule has 1 aromatic carbocycles. The molecule has 7 heteroatoms. The summed E-state index contributed by atoms with van der Waals surface area (Å²) in [5, 5.41) is 2.77. The number of nitrogens with one attached hydrogen (secondary N) is 1. The van der Waals surface area contributed by atoms with Crippen LogP contribution in [0.3, 0.4) is 0 Å². The summed E-state index contributed by atoms with van der Waals surface area (Å²) in [4.78, 5) is 48.3. The molecule has 0 aromatic heterocycles. The maximum Gasteiger partial charge on any atom is 0.338 e. The lowest BCUT2D eigenvalue weighted by Gasteiger charge is -2.15. The number of esters is 1. The van der Waals surface area contributed by atoms with Gasteiger partial charge in [0.15, 0.2) is 6.10 Å². The average molecular weight is 330 g/mol. The minimum atomic E-state index is -0.875. The molecule has 1 N–H and O–H groups in total. The Morgan fingerprint density at radius 3 is 2.25 bits per heavy atom. The second-order valence-electron chi connectivity index (χ2n) is 6.00. The number of ether oxygens (including phenoxy) is 1. The number of carbonyl (C=O) groups excluding carboxylic acids is 4. The summed E-state index contributed by atoms with van der Waals surface area (Å²) in [6, 6.07) is 6.19. The van der Waals surface area contributed by atoms with Crippen LogP contribution < -0.4 is 10.2 Å². The first-order valence-electron chi connectivity index (χ1n) is 7.93. The summed E-state index contributed by atoms with van der Waals surface area (Å²) in [7, 11) is 0. The zero-order valence-corrected chi connectivity index (χ0v) is 13.3. The van der Waals surface area contributed by atoms with E-state index in [0.717, 1.165) is 17.7 Å². The van der Waals surface area contributed by atoms with E-state index in [2.05, 4.69) is 5.32 Å². The van der Waals surface area contributed by atoms with Gasteiger partial charge in [0.25, 0.3) is 5.91 Å².